The van der Waals surface area contributed by atoms with Crippen LogP contribution in [0.4, 0.5) is 5.69 Å². The van der Waals surface area contributed by atoms with E-state index in [1.165, 1.54) is 0 Å². The van der Waals surface area contributed by atoms with E-state index in [1.54, 1.807) is 48.7 Å². The highest BCUT2D eigenvalue weighted by molar-refractivity contribution is 6.04. The average molecular weight is 390 g/mol. The Labute approximate surface area is 166 Å². The Bertz CT molecular complexity index is 1040. The Kier molecular flexibility index (Phi) is 5.33. The lowest BCUT2D eigenvalue weighted by molar-refractivity contribution is 0.0945. The number of anilines is 1. The SMILES string of the molecule is O=C(NCc1ccccn1)c1cccc(C(=O)Nc2ccc3c(c2)OCCO3)n1. The lowest BCUT2D eigenvalue weighted by Gasteiger charge is -2.19. The number of ether oxygens (including phenoxy) is 2. The summed E-state index contributed by atoms with van der Waals surface area (Å²) in [4.78, 5) is 33.2. The van der Waals surface area contributed by atoms with Gasteiger partial charge in [0.25, 0.3) is 11.8 Å². The van der Waals surface area contributed by atoms with Gasteiger partial charge in [-0.05, 0) is 36.4 Å². The highest BCUT2D eigenvalue weighted by Gasteiger charge is 2.15. The largest absolute Gasteiger partial charge is 0.486 e. The number of hydrogen-bond acceptors (Lipinski definition) is 6. The second-order valence-corrected chi connectivity index (χ2v) is 6.22. The van der Waals surface area contributed by atoms with E-state index >= 15 is 0 Å². The molecule has 0 fully saturated rings. The van der Waals surface area contributed by atoms with Crippen molar-refractivity contribution in [3.05, 3.63) is 77.9 Å². The molecular formula is C21H18N4O4. The van der Waals surface area contributed by atoms with Gasteiger partial charge in [0.1, 0.15) is 24.6 Å². The minimum Gasteiger partial charge on any atom is -0.486 e. The van der Waals surface area contributed by atoms with E-state index in [4.69, 9.17) is 9.47 Å². The molecule has 0 spiro atoms. The number of nitrogens with zero attached hydrogens (tertiary/aromatic N) is 2. The molecule has 2 amide bonds. The molecule has 0 radical (unpaired) electrons. The van der Waals surface area contributed by atoms with Crippen LogP contribution in [0.2, 0.25) is 0 Å². The van der Waals surface area contributed by atoms with Crippen LogP contribution in [0.1, 0.15) is 26.7 Å². The fourth-order valence-electron chi connectivity index (χ4n) is 2.77. The standard InChI is InChI=1S/C21H18N4O4/c26-20(23-13-15-4-1-2-9-22-15)16-5-3-6-17(25-16)21(27)24-14-7-8-18-19(12-14)29-11-10-28-18/h1-9,12H,10-11,13H2,(H,23,26)(H,24,27). The van der Waals surface area contributed by atoms with Crippen molar-refractivity contribution in [2.24, 2.45) is 0 Å². The van der Waals surface area contributed by atoms with Gasteiger partial charge in [-0.15, -0.1) is 0 Å². The summed E-state index contributed by atoms with van der Waals surface area (Å²) in [5, 5.41) is 5.49. The molecule has 2 aromatic heterocycles. The van der Waals surface area contributed by atoms with Crippen LogP contribution in [-0.2, 0) is 6.54 Å². The molecule has 0 saturated heterocycles. The molecule has 1 aromatic carbocycles. The van der Waals surface area contributed by atoms with Crippen molar-refractivity contribution in [3.63, 3.8) is 0 Å². The van der Waals surface area contributed by atoms with E-state index in [0.717, 1.165) is 5.69 Å². The summed E-state index contributed by atoms with van der Waals surface area (Å²) in [7, 11) is 0. The molecular weight excluding hydrogens is 372 g/mol. The van der Waals surface area contributed by atoms with Gasteiger partial charge >= 0.3 is 0 Å². The molecule has 2 N–H and O–H groups in total. The number of hydrogen-bond donors (Lipinski definition) is 2. The van der Waals surface area contributed by atoms with Gasteiger partial charge in [-0.1, -0.05) is 12.1 Å². The maximum absolute atomic E-state index is 12.5. The van der Waals surface area contributed by atoms with Crippen molar-refractivity contribution in [1.29, 1.82) is 0 Å². The summed E-state index contributed by atoms with van der Waals surface area (Å²) in [6.07, 6.45) is 1.66. The summed E-state index contributed by atoms with van der Waals surface area (Å²) < 4.78 is 11.0. The fourth-order valence-corrected chi connectivity index (χ4v) is 2.77. The Morgan fingerprint density at radius 2 is 1.69 bits per heavy atom. The lowest BCUT2D eigenvalue weighted by Crippen LogP contribution is -2.25. The third-order valence-electron chi connectivity index (χ3n) is 4.17. The molecule has 146 valence electrons. The van der Waals surface area contributed by atoms with Crippen LogP contribution in [-0.4, -0.2) is 35.0 Å². The fraction of sp³-hybridized carbons (Fsp3) is 0.143. The van der Waals surface area contributed by atoms with Gasteiger partial charge in [-0.2, -0.15) is 0 Å². The van der Waals surface area contributed by atoms with Gasteiger partial charge in [-0.25, -0.2) is 4.98 Å². The van der Waals surface area contributed by atoms with Crippen LogP contribution in [0.15, 0.2) is 60.8 Å². The minimum absolute atomic E-state index is 0.130. The van der Waals surface area contributed by atoms with Crippen molar-refractivity contribution in [2.45, 2.75) is 6.54 Å². The maximum atomic E-state index is 12.5. The first-order valence-corrected chi connectivity index (χ1v) is 9.05. The van der Waals surface area contributed by atoms with Crippen molar-refractivity contribution >= 4 is 17.5 Å². The van der Waals surface area contributed by atoms with Crippen LogP contribution in [0, 0.1) is 0 Å². The predicted octanol–water partition coefficient (Wildman–Crippen LogP) is 2.43. The molecule has 8 heteroatoms. The Morgan fingerprint density at radius 3 is 2.48 bits per heavy atom. The molecule has 8 nitrogen and oxygen atoms in total. The first-order chi connectivity index (χ1) is 14.2. The van der Waals surface area contributed by atoms with E-state index in [0.29, 0.717) is 30.4 Å². The van der Waals surface area contributed by atoms with Crippen LogP contribution < -0.4 is 20.1 Å². The highest BCUT2D eigenvalue weighted by Crippen LogP contribution is 2.32. The van der Waals surface area contributed by atoms with Gasteiger partial charge in [0.15, 0.2) is 11.5 Å². The molecule has 0 atom stereocenters. The number of nitrogens with one attached hydrogen (secondary N) is 2. The van der Waals surface area contributed by atoms with Gasteiger partial charge in [0, 0.05) is 18.0 Å². The summed E-state index contributed by atoms with van der Waals surface area (Å²) in [6.45, 7) is 1.23. The topological polar surface area (TPSA) is 102 Å². The second-order valence-electron chi connectivity index (χ2n) is 6.22. The molecule has 0 unspecified atom stereocenters. The number of carbonyl (C=O) groups is 2. The van der Waals surface area contributed by atoms with Crippen LogP contribution >= 0.6 is 0 Å². The van der Waals surface area contributed by atoms with Crippen molar-refractivity contribution in [1.82, 2.24) is 15.3 Å². The number of aromatic nitrogens is 2. The van der Waals surface area contributed by atoms with Crippen LogP contribution in [0.5, 0.6) is 11.5 Å². The number of benzene rings is 1. The Hall–Kier alpha value is -3.94. The van der Waals surface area contributed by atoms with Gasteiger partial charge in [0.2, 0.25) is 0 Å². The number of rotatable bonds is 5. The quantitative estimate of drug-likeness (QED) is 0.694. The van der Waals surface area contributed by atoms with E-state index in [1.807, 2.05) is 12.1 Å². The van der Waals surface area contributed by atoms with E-state index in [9.17, 15) is 9.59 Å². The zero-order chi connectivity index (χ0) is 20.1. The molecule has 3 aromatic rings. The normalized spacial score (nSPS) is 12.1. The third kappa shape index (κ3) is 4.49. The van der Waals surface area contributed by atoms with E-state index in [-0.39, 0.29) is 23.8 Å². The molecule has 3 heterocycles. The molecule has 0 saturated carbocycles. The molecule has 4 rings (SSSR count). The molecule has 0 aliphatic carbocycles. The Balaban J connectivity index is 1.42. The summed E-state index contributed by atoms with van der Waals surface area (Å²) in [6, 6.07) is 15.3. The second kappa shape index (κ2) is 8.39. The Morgan fingerprint density at radius 1 is 0.897 bits per heavy atom. The number of amides is 2. The highest BCUT2D eigenvalue weighted by atomic mass is 16.6. The van der Waals surface area contributed by atoms with Gasteiger partial charge in [0.05, 0.1) is 12.2 Å². The van der Waals surface area contributed by atoms with E-state index < -0.39 is 5.91 Å². The van der Waals surface area contributed by atoms with E-state index in [2.05, 4.69) is 20.6 Å². The van der Waals surface area contributed by atoms with Crippen molar-refractivity contribution in [2.75, 3.05) is 18.5 Å². The number of pyridine rings is 2. The molecule has 29 heavy (non-hydrogen) atoms. The zero-order valence-electron chi connectivity index (χ0n) is 15.4. The van der Waals surface area contributed by atoms with Gasteiger partial charge < -0.3 is 20.1 Å². The van der Waals surface area contributed by atoms with Crippen LogP contribution in [0.25, 0.3) is 0 Å². The zero-order valence-corrected chi connectivity index (χ0v) is 15.4. The lowest BCUT2D eigenvalue weighted by atomic mass is 10.2. The van der Waals surface area contributed by atoms with Crippen LogP contribution in [0.3, 0.4) is 0 Å². The average Bonchev–Trinajstić information content (AvgIpc) is 2.78. The van der Waals surface area contributed by atoms with Crippen molar-refractivity contribution in [3.8, 4) is 11.5 Å². The third-order valence-corrected chi connectivity index (χ3v) is 4.17. The predicted molar refractivity (Wildman–Crippen MR) is 105 cm³/mol. The first-order valence-electron chi connectivity index (χ1n) is 9.05. The summed E-state index contributed by atoms with van der Waals surface area (Å²) >= 11 is 0. The monoisotopic (exact) mass is 390 g/mol. The summed E-state index contributed by atoms with van der Waals surface area (Å²) in [5.74, 6) is 0.397. The van der Waals surface area contributed by atoms with Crippen molar-refractivity contribution < 1.29 is 19.1 Å². The first kappa shape index (κ1) is 18.4. The maximum Gasteiger partial charge on any atom is 0.274 e. The molecule has 0 bridgehead atoms. The number of carbonyl (C=O) groups excluding carboxylic acids is 2. The smallest absolute Gasteiger partial charge is 0.274 e. The number of fused-ring (bicyclic) bond motifs is 1. The molecule has 1 aliphatic heterocycles. The minimum atomic E-state index is -0.430. The molecule has 1 aliphatic rings. The van der Waals surface area contributed by atoms with Gasteiger partial charge in [-0.3, -0.25) is 14.6 Å². The summed E-state index contributed by atoms with van der Waals surface area (Å²) in [5.41, 5.74) is 1.56.